The van der Waals surface area contributed by atoms with Gasteiger partial charge in [0.1, 0.15) is 12.2 Å². The van der Waals surface area contributed by atoms with Crippen molar-refractivity contribution in [2.75, 3.05) is 0 Å². The predicted octanol–water partition coefficient (Wildman–Crippen LogP) is 2.83. The molecule has 2 rings (SSSR count). The molecule has 7 heteroatoms. The van der Waals surface area contributed by atoms with Gasteiger partial charge in [0.25, 0.3) is 0 Å². The number of carbonyl (C=O) groups excluding carboxylic acids is 2. The van der Waals surface area contributed by atoms with Crippen LogP contribution in [-0.4, -0.2) is 44.7 Å². The van der Waals surface area contributed by atoms with E-state index in [4.69, 9.17) is 0 Å². The zero-order chi connectivity index (χ0) is 18.4. The quantitative estimate of drug-likeness (QED) is 0.376. The van der Waals surface area contributed by atoms with E-state index in [0.717, 1.165) is 23.3 Å². The molecular formula is C18H18O4S3. The maximum Gasteiger partial charge on any atom is 0.187 e. The monoisotopic (exact) mass is 394 g/mol. The molecule has 0 spiro atoms. The Morgan fingerprint density at radius 2 is 1.32 bits per heavy atom. The molecule has 0 aromatic heterocycles. The lowest BCUT2D eigenvalue weighted by molar-refractivity contribution is -0.120. The average molecular weight is 395 g/mol. The molecule has 0 aromatic rings. The van der Waals surface area contributed by atoms with E-state index in [1.165, 1.54) is 12.2 Å². The summed E-state index contributed by atoms with van der Waals surface area (Å²) in [5.74, 6) is -0.852. The van der Waals surface area contributed by atoms with E-state index < -0.39 is 23.8 Å². The van der Waals surface area contributed by atoms with Crippen LogP contribution in [0.15, 0.2) is 71.6 Å². The second kappa shape index (κ2) is 9.26. The van der Waals surface area contributed by atoms with Crippen LogP contribution in [0.1, 0.15) is 0 Å². The zero-order valence-electron chi connectivity index (χ0n) is 13.3. The van der Waals surface area contributed by atoms with Crippen molar-refractivity contribution >= 4 is 51.2 Å². The third kappa shape index (κ3) is 5.76. The summed E-state index contributed by atoms with van der Waals surface area (Å²) in [5.41, 5.74) is 1.63. The van der Waals surface area contributed by atoms with Crippen molar-refractivity contribution in [3.63, 3.8) is 0 Å². The minimum Gasteiger partial charge on any atom is -0.381 e. The highest BCUT2D eigenvalue weighted by Crippen LogP contribution is 2.51. The van der Waals surface area contributed by atoms with E-state index in [1.54, 1.807) is 9.83 Å². The first-order chi connectivity index (χ1) is 11.9. The maximum atomic E-state index is 11.3. The molecule has 0 bridgehead atoms. The fourth-order valence-corrected chi connectivity index (χ4v) is 9.00. The van der Waals surface area contributed by atoms with Crippen molar-refractivity contribution in [1.29, 1.82) is 0 Å². The van der Waals surface area contributed by atoms with Crippen LogP contribution >= 0.6 is 28.9 Å². The van der Waals surface area contributed by atoms with Crippen LogP contribution < -0.4 is 0 Å². The van der Waals surface area contributed by atoms with Crippen molar-refractivity contribution < 1.29 is 19.8 Å². The van der Waals surface area contributed by atoms with Crippen molar-refractivity contribution in [1.82, 2.24) is 0 Å². The first kappa shape index (κ1) is 19.8. The number of hydrogen-bond donors (Lipinski definition) is 2. The van der Waals surface area contributed by atoms with Gasteiger partial charge in [0.15, 0.2) is 11.6 Å². The molecule has 2 heterocycles. The van der Waals surface area contributed by atoms with E-state index in [9.17, 15) is 19.8 Å². The summed E-state index contributed by atoms with van der Waals surface area (Å²) in [6, 6.07) is 0. The molecule has 0 saturated carbocycles. The summed E-state index contributed by atoms with van der Waals surface area (Å²) in [6.07, 6.45) is 6.65. The summed E-state index contributed by atoms with van der Waals surface area (Å²) in [6.45, 7) is 6.71. The standard InChI is InChI=1S/C18H18O4S3/c1-3-15(19)17(21)9-13-5-7-24(11-13)23-25-8-6-14(12-25)10-18(22)16(20)4-2/h3-12,17-18,21-22H,1-2H2. The molecule has 0 aromatic carbocycles. The fraction of sp³-hybridized carbons (Fsp3) is 0.111. The SMILES string of the molecule is C=CC(=O)C(O)C=C1C=CS(SS2=CC(=CC(O)C(=O)C=C)C=C2)=C1. The summed E-state index contributed by atoms with van der Waals surface area (Å²) in [5, 5.41) is 27.4. The molecule has 132 valence electrons. The van der Waals surface area contributed by atoms with Gasteiger partial charge in [0, 0.05) is 0 Å². The smallest absolute Gasteiger partial charge is 0.187 e. The molecule has 25 heavy (non-hydrogen) atoms. The molecule has 4 atom stereocenters. The van der Waals surface area contributed by atoms with Crippen LogP contribution in [0.4, 0.5) is 0 Å². The van der Waals surface area contributed by atoms with Gasteiger partial charge in [0.2, 0.25) is 0 Å². The molecule has 2 N–H and O–H groups in total. The zero-order valence-corrected chi connectivity index (χ0v) is 15.7. The molecule has 0 saturated heterocycles. The summed E-state index contributed by atoms with van der Waals surface area (Å²) in [4.78, 5) is 22.7. The Morgan fingerprint density at radius 3 is 1.68 bits per heavy atom. The normalized spacial score (nSPS) is 27.0. The molecular weight excluding hydrogens is 376 g/mol. The minimum absolute atomic E-state index is 0.165. The van der Waals surface area contributed by atoms with E-state index in [0.29, 0.717) is 0 Å². The predicted molar refractivity (Wildman–Crippen MR) is 112 cm³/mol. The number of hydrogen-bond acceptors (Lipinski definition) is 5. The number of carbonyl (C=O) groups is 2. The molecule has 0 fully saturated rings. The lowest BCUT2D eigenvalue weighted by Crippen LogP contribution is -2.15. The summed E-state index contributed by atoms with van der Waals surface area (Å²) in [7, 11) is 1.39. The van der Waals surface area contributed by atoms with Gasteiger partial charge in [0.05, 0.1) is 0 Å². The summed E-state index contributed by atoms with van der Waals surface area (Å²) >= 11 is 0. The third-order valence-electron chi connectivity index (χ3n) is 3.14. The molecule has 0 amide bonds. The van der Waals surface area contributed by atoms with Crippen LogP contribution in [0.25, 0.3) is 0 Å². The van der Waals surface area contributed by atoms with Crippen molar-refractivity contribution in [3.8, 4) is 0 Å². The van der Waals surface area contributed by atoms with Crippen molar-refractivity contribution in [2.24, 2.45) is 0 Å². The molecule has 0 radical (unpaired) electrons. The fourth-order valence-electron chi connectivity index (χ4n) is 1.85. The Morgan fingerprint density at radius 1 is 0.920 bits per heavy atom. The van der Waals surface area contributed by atoms with Crippen LogP contribution in [0.2, 0.25) is 0 Å². The van der Waals surface area contributed by atoms with Gasteiger partial charge in [-0.05, 0) is 79.0 Å². The molecule has 4 nitrogen and oxygen atoms in total. The number of rotatable bonds is 8. The molecule has 0 aliphatic carbocycles. The van der Waals surface area contributed by atoms with Gasteiger partial charge in [-0.15, -0.1) is 0 Å². The van der Waals surface area contributed by atoms with Crippen LogP contribution in [0.5, 0.6) is 0 Å². The number of aliphatic hydroxyl groups is 2. The third-order valence-corrected chi connectivity index (χ3v) is 10.3. The Balaban J connectivity index is 2.02. The summed E-state index contributed by atoms with van der Waals surface area (Å²) < 4.78 is 0. The van der Waals surface area contributed by atoms with Crippen LogP contribution in [0.3, 0.4) is 0 Å². The highest BCUT2D eigenvalue weighted by Gasteiger charge is 2.13. The average Bonchev–Trinajstić information content (AvgIpc) is 3.22. The van der Waals surface area contributed by atoms with Gasteiger partial charge in [-0.1, -0.05) is 32.2 Å². The Hall–Kier alpha value is -1.51. The second-order valence-corrected chi connectivity index (χ2v) is 11.4. The largest absolute Gasteiger partial charge is 0.381 e. The number of allylic oxidation sites excluding steroid dienone is 4. The first-order valence-electron chi connectivity index (χ1n) is 7.24. The molecule has 2 aliphatic rings. The van der Waals surface area contributed by atoms with E-state index in [-0.39, 0.29) is 19.0 Å². The van der Waals surface area contributed by atoms with Crippen LogP contribution in [0, 0.1) is 0 Å². The second-order valence-electron chi connectivity index (χ2n) is 5.00. The topological polar surface area (TPSA) is 74.6 Å². The molecule has 2 aliphatic heterocycles. The minimum atomic E-state index is -1.17. The van der Waals surface area contributed by atoms with Crippen molar-refractivity contribution in [2.45, 2.75) is 12.2 Å². The Bertz CT molecular complexity index is 731. The lowest BCUT2D eigenvalue weighted by Gasteiger charge is -2.02. The van der Waals surface area contributed by atoms with Gasteiger partial charge >= 0.3 is 0 Å². The van der Waals surface area contributed by atoms with Gasteiger partial charge < -0.3 is 10.2 Å². The van der Waals surface area contributed by atoms with Crippen LogP contribution in [-0.2, 0) is 9.59 Å². The lowest BCUT2D eigenvalue weighted by atomic mass is 10.1. The van der Waals surface area contributed by atoms with Crippen molar-refractivity contribution in [3.05, 3.63) is 71.6 Å². The van der Waals surface area contributed by atoms with E-state index >= 15 is 0 Å². The van der Waals surface area contributed by atoms with E-state index in [2.05, 4.69) is 13.2 Å². The first-order valence-corrected chi connectivity index (χ1v) is 11.8. The van der Waals surface area contributed by atoms with Gasteiger partial charge in [-0.3, -0.25) is 9.59 Å². The van der Waals surface area contributed by atoms with Gasteiger partial charge in [-0.2, -0.15) is 0 Å². The molecule has 4 unspecified atom stereocenters. The number of ketones is 2. The Labute approximate surface area is 154 Å². The highest BCUT2D eigenvalue weighted by molar-refractivity contribution is 9.17. The maximum absolute atomic E-state index is 11.3. The van der Waals surface area contributed by atoms with E-state index in [1.807, 2.05) is 33.7 Å². The highest BCUT2D eigenvalue weighted by atomic mass is 33.5. The number of aliphatic hydroxyl groups excluding tert-OH is 2. The van der Waals surface area contributed by atoms with Gasteiger partial charge in [-0.25, -0.2) is 0 Å². The Kier molecular flexibility index (Phi) is 7.34.